The first kappa shape index (κ1) is 18.0. The Morgan fingerprint density at radius 3 is 2.70 bits per heavy atom. The van der Waals surface area contributed by atoms with Crippen molar-refractivity contribution < 1.29 is 0 Å². The number of nitrogens with one attached hydrogen (secondary N) is 1. The molecule has 3 aromatic rings. The average molecular weight is 381 g/mol. The molecule has 0 saturated carbocycles. The Morgan fingerprint density at radius 2 is 2.00 bits per heavy atom. The number of hydrogen-bond acceptors (Lipinski definition) is 7. The molecule has 7 heteroatoms. The second kappa shape index (κ2) is 7.68. The minimum atomic E-state index is 0.393. The lowest BCUT2D eigenvalue weighted by Crippen LogP contribution is -2.48. The van der Waals surface area contributed by atoms with Gasteiger partial charge in [-0.05, 0) is 41.0 Å². The Labute approximate surface area is 163 Å². The van der Waals surface area contributed by atoms with Crippen LogP contribution in [0.3, 0.4) is 0 Å². The van der Waals surface area contributed by atoms with Crippen LogP contribution in [0.1, 0.15) is 25.3 Å². The van der Waals surface area contributed by atoms with E-state index in [9.17, 15) is 0 Å². The number of aromatic nitrogens is 4. The van der Waals surface area contributed by atoms with Crippen LogP contribution in [0.2, 0.25) is 0 Å². The first-order valence-electron chi connectivity index (χ1n) is 9.21. The summed E-state index contributed by atoms with van der Waals surface area (Å²) in [5, 5.41) is 5.59. The summed E-state index contributed by atoms with van der Waals surface area (Å²) in [7, 11) is 0. The average Bonchev–Trinajstić information content (AvgIpc) is 2.64. The van der Waals surface area contributed by atoms with Gasteiger partial charge in [-0.3, -0.25) is 0 Å². The maximum atomic E-state index is 4.80. The summed E-state index contributed by atoms with van der Waals surface area (Å²) in [4.78, 5) is 20.0. The lowest BCUT2D eigenvalue weighted by molar-refractivity contribution is 0.452. The highest BCUT2D eigenvalue weighted by atomic mass is 32.2. The van der Waals surface area contributed by atoms with E-state index in [4.69, 9.17) is 4.98 Å². The van der Waals surface area contributed by atoms with E-state index in [1.165, 1.54) is 23.0 Å². The first-order chi connectivity index (χ1) is 13.2. The largest absolute Gasteiger partial charge is 0.355 e. The van der Waals surface area contributed by atoms with Crippen LogP contribution in [-0.2, 0) is 0 Å². The molecule has 6 nitrogen and oxygen atoms in total. The normalized spacial score (nSPS) is 14.6. The highest BCUT2D eigenvalue weighted by Crippen LogP contribution is 2.35. The Morgan fingerprint density at radius 1 is 1.15 bits per heavy atom. The zero-order valence-corrected chi connectivity index (χ0v) is 16.7. The number of thioether (sulfide) groups is 1. The summed E-state index contributed by atoms with van der Waals surface area (Å²) in [5.74, 6) is 4.93. The third-order valence-electron chi connectivity index (χ3n) is 4.90. The highest BCUT2D eigenvalue weighted by molar-refractivity contribution is 7.98. The van der Waals surface area contributed by atoms with Gasteiger partial charge in [0.2, 0.25) is 0 Å². The van der Waals surface area contributed by atoms with Crippen LogP contribution in [0.4, 0.5) is 17.5 Å². The van der Waals surface area contributed by atoms with Gasteiger partial charge in [0.25, 0.3) is 0 Å². The molecule has 140 valence electrons. The molecule has 0 atom stereocenters. The fraction of sp³-hybridized carbons (Fsp3) is 0.400. The van der Waals surface area contributed by atoms with Crippen molar-refractivity contribution >= 4 is 40.0 Å². The first-order valence-corrected chi connectivity index (χ1v) is 10.6. The van der Waals surface area contributed by atoms with Gasteiger partial charge in [0.15, 0.2) is 0 Å². The van der Waals surface area contributed by atoms with Crippen LogP contribution in [-0.4, -0.2) is 45.0 Å². The quantitative estimate of drug-likeness (QED) is 0.691. The number of fused-ring (bicyclic) bond motifs is 1. The lowest BCUT2D eigenvalue weighted by atomic mass is 9.97. The van der Waals surface area contributed by atoms with Gasteiger partial charge in [0, 0.05) is 43.0 Å². The topological polar surface area (TPSA) is 66.8 Å². The molecular weight excluding hydrogens is 356 g/mol. The van der Waals surface area contributed by atoms with Crippen LogP contribution in [0.5, 0.6) is 0 Å². The number of nitrogens with zero attached hydrogens (tertiary/aromatic N) is 5. The van der Waals surface area contributed by atoms with Crippen molar-refractivity contribution in [2.75, 3.05) is 35.3 Å². The number of hydrogen-bond donors (Lipinski definition) is 1. The lowest BCUT2D eigenvalue weighted by Gasteiger charge is -2.40. The van der Waals surface area contributed by atoms with Crippen LogP contribution in [0, 0.1) is 5.92 Å². The second-order valence-electron chi connectivity index (χ2n) is 7.25. The van der Waals surface area contributed by atoms with Crippen LogP contribution in [0.25, 0.3) is 10.8 Å². The minimum Gasteiger partial charge on any atom is -0.355 e. The van der Waals surface area contributed by atoms with E-state index in [-0.39, 0.29) is 0 Å². The van der Waals surface area contributed by atoms with Crippen LogP contribution in [0.15, 0.2) is 37.1 Å². The van der Waals surface area contributed by atoms with Crippen molar-refractivity contribution in [1.82, 2.24) is 19.9 Å². The molecule has 0 aliphatic carbocycles. The van der Waals surface area contributed by atoms with Crippen LogP contribution >= 0.6 is 11.8 Å². The molecular formula is C20H24N6S. The smallest absolute Gasteiger partial charge is 0.138 e. The molecule has 0 bridgehead atoms. The molecule has 1 aliphatic heterocycles. The van der Waals surface area contributed by atoms with E-state index in [0.717, 1.165) is 41.8 Å². The Kier molecular flexibility index (Phi) is 5.11. The molecule has 0 spiro atoms. The predicted molar refractivity (Wildman–Crippen MR) is 113 cm³/mol. The Hall–Kier alpha value is -2.41. The molecule has 1 N–H and O–H groups in total. The van der Waals surface area contributed by atoms with Crippen molar-refractivity contribution in [3.05, 3.63) is 42.6 Å². The molecule has 4 heterocycles. The van der Waals surface area contributed by atoms with Gasteiger partial charge in [-0.25, -0.2) is 19.9 Å². The summed E-state index contributed by atoms with van der Waals surface area (Å²) in [6, 6.07) is 3.94. The van der Waals surface area contributed by atoms with Crippen molar-refractivity contribution in [3.63, 3.8) is 0 Å². The SMILES string of the molecule is CSCC1CN(c2ncc(C(C)C)c3cc(Nc4ccncn4)ncc23)C1. The molecule has 3 aromatic heterocycles. The van der Waals surface area contributed by atoms with E-state index in [1.54, 1.807) is 6.20 Å². The van der Waals surface area contributed by atoms with Gasteiger partial charge in [-0.15, -0.1) is 0 Å². The Balaban J connectivity index is 1.69. The molecule has 1 saturated heterocycles. The van der Waals surface area contributed by atoms with E-state index >= 15 is 0 Å². The fourth-order valence-corrected chi connectivity index (χ4v) is 4.18. The summed E-state index contributed by atoms with van der Waals surface area (Å²) < 4.78 is 0. The summed E-state index contributed by atoms with van der Waals surface area (Å²) in [5.41, 5.74) is 1.24. The molecule has 0 aromatic carbocycles. The second-order valence-corrected chi connectivity index (χ2v) is 8.16. The summed E-state index contributed by atoms with van der Waals surface area (Å²) >= 11 is 1.92. The molecule has 0 unspecified atom stereocenters. The molecule has 1 aliphatic rings. The van der Waals surface area contributed by atoms with Crippen molar-refractivity contribution in [3.8, 4) is 0 Å². The van der Waals surface area contributed by atoms with Gasteiger partial charge in [0.05, 0.1) is 0 Å². The monoisotopic (exact) mass is 380 g/mol. The summed E-state index contributed by atoms with van der Waals surface area (Å²) in [6.07, 6.45) is 9.38. The maximum Gasteiger partial charge on any atom is 0.138 e. The van der Waals surface area contributed by atoms with Gasteiger partial charge >= 0.3 is 0 Å². The molecule has 0 radical (unpaired) electrons. The maximum absolute atomic E-state index is 4.80. The third-order valence-corrected chi connectivity index (χ3v) is 5.71. The zero-order chi connectivity index (χ0) is 18.8. The number of rotatable bonds is 6. The van der Waals surface area contributed by atoms with Crippen molar-refractivity contribution in [2.45, 2.75) is 19.8 Å². The van der Waals surface area contributed by atoms with E-state index < -0.39 is 0 Å². The number of anilines is 3. The van der Waals surface area contributed by atoms with Gasteiger partial charge < -0.3 is 10.2 Å². The van der Waals surface area contributed by atoms with E-state index in [0.29, 0.717) is 5.92 Å². The van der Waals surface area contributed by atoms with E-state index in [1.807, 2.05) is 30.2 Å². The standard InChI is InChI=1S/C20H24N6S/c1-13(2)16-7-23-20(26-9-14(10-26)11-27-3)17-8-22-19(6-15(16)17)25-18-4-5-21-12-24-18/h4-8,12-14H,9-11H2,1-3H3,(H,21,22,24,25). The van der Waals surface area contributed by atoms with Gasteiger partial charge in [0.1, 0.15) is 23.8 Å². The third kappa shape index (κ3) is 3.69. The molecule has 27 heavy (non-hydrogen) atoms. The Bertz CT molecular complexity index is 924. The molecule has 1 fully saturated rings. The zero-order valence-electron chi connectivity index (χ0n) is 15.9. The van der Waals surface area contributed by atoms with Gasteiger partial charge in [-0.1, -0.05) is 13.8 Å². The number of pyridine rings is 2. The summed E-state index contributed by atoms with van der Waals surface area (Å²) in [6.45, 7) is 6.55. The molecule has 4 rings (SSSR count). The van der Waals surface area contributed by atoms with Gasteiger partial charge in [-0.2, -0.15) is 11.8 Å². The fourth-order valence-electron chi connectivity index (χ4n) is 3.50. The predicted octanol–water partition coefficient (Wildman–Crippen LogP) is 4.09. The molecule has 0 amide bonds. The minimum absolute atomic E-state index is 0.393. The van der Waals surface area contributed by atoms with E-state index in [2.05, 4.69) is 51.3 Å². The van der Waals surface area contributed by atoms with Crippen molar-refractivity contribution in [2.24, 2.45) is 5.92 Å². The van der Waals surface area contributed by atoms with Crippen molar-refractivity contribution in [1.29, 1.82) is 0 Å². The highest BCUT2D eigenvalue weighted by Gasteiger charge is 2.29. The van der Waals surface area contributed by atoms with Crippen LogP contribution < -0.4 is 10.2 Å².